The fraction of sp³-hybridized carbons (Fsp3) is 0.571. The lowest BCUT2D eigenvalue weighted by atomic mass is 10.0. The van der Waals surface area contributed by atoms with Crippen molar-refractivity contribution in [2.45, 2.75) is 69.6 Å². The van der Waals surface area contributed by atoms with E-state index in [-0.39, 0.29) is 30.3 Å². The van der Waals surface area contributed by atoms with Crippen molar-refractivity contribution in [1.29, 1.82) is 0 Å². The van der Waals surface area contributed by atoms with Crippen LogP contribution >= 0.6 is 12.4 Å². The minimum Gasteiger partial charge on any atom is -0.480 e. The molecule has 2 fully saturated rings. The number of nitrogens with zero attached hydrogens (tertiary/aromatic N) is 1. The Morgan fingerprint density at radius 2 is 1.86 bits per heavy atom. The van der Waals surface area contributed by atoms with Crippen molar-refractivity contribution in [3.63, 3.8) is 0 Å². The third-order valence-corrected chi connectivity index (χ3v) is 6.06. The highest BCUT2D eigenvalue weighted by Crippen LogP contribution is 2.41. The van der Waals surface area contributed by atoms with Crippen LogP contribution in [-0.4, -0.2) is 57.1 Å². The topological polar surface area (TPSA) is 107 Å². The van der Waals surface area contributed by atoms with Crippen LogP contribution in [0.1, 0.15) is 44.6 Å². The highest BCUT2D eigenvalue weighted by Gasteiger charge is 2.49. The molecule has 1 saturated carbocycles. The number of rotatable bonds is 8. The zero-order chi connectivity index (χ0) is 20.3. The monoisotopic (exact) mass is 424 g/mol. The molecule has 1 heterocycles. The van der Waals surface area contributed by atoms with E-state index >= 15 is 0 Å². The van der Waals surface area contributed by atoms with Gasteiger partial charge in [-0.1, -0.05) is 36.8 Å². The van der Waals surface area contributed by atoms with Crippen molar-refractivity contribution >= 4 is 30.3 Å². The van der Waals surface area contributed by atoms with E-state index in [1.165, 1.54) is 4.90 Å². The van der Waals surface area contributed by atoms with Crippen LogP contribution in [0, 0.1) is 5.92 Å². The van der Waals surface area contributed by atoms with Gasteiger partial charge < -0.3 is 15.1 Å². The molecule has 1 aromatic carbocycles. The number of aliphatic carboxylic acids is 2. The Balaban J connectivity index is 0.00000300. The van der Waals surface area contributed by atoms with Gasteiger partial charge in [0.2, 0.25) is 5.91 Å². The summed E-state index contributed by atoms with van der Waals surface area (Å²) in [6, 6.07) is 7.13. The Hall–Kier alpha value is -2.12. The summed E-state index contributed by atoms with van der Waals surface area (Å²) in [4.78, 5) is 37.9. The van der Waals surface area contributed by atoms with Gasteiger partial charge in [0.25, 0.3) is 0 Å². The van der Waals surface area contributed by atoms with Crippen LogP contribution in [0.4, 0.5) is 0 Å². The van der Waals surface area contributed by atoms with Gasteiger partial charge in [-0.2, -0.15) is 0 Å². The summed E-state index contributed by atoms with van der Waals surface area (Å²) in [6.07, 6.45) is 4.21. The first kappa shape index (κ1) is 23.2. The van der Waals surface area contributed by atoms with Gasteiger partial charge in [0, 0.05) is 6.04 Å². The molecule has 7 nitrogen and oxygen atoms in total. The average molecular weight is 425 g/mol. The van der Waals surface area contributed by atoms with Crippen molar-refractivity contribution in [3.05, 3.63) is 35.9 Å². The minimum atomic E-state index is -1.01. The van der Waals surface area contributed by atoms with Crippen molar-refractivity contribution in [2.75, 3.05) is 0 Å². The number of carbonyl (C=O) groups excluding carboxylic acids is 1. The number of likely N-dealkylation sites (tertiary alicyclic amines) is 1. The minimum absolute atomic E-state index is 0. The molecular formula is C21H29ClN2O5. The van der Waals surface area contributed by atoms with Crippen LogP contribution in [0.25, 0.3) is 0 Å². The number of hydrogen-bond acceptors (Lipinski definition) is 4. The zero-order valence-electron chi connectivity index (χ0n) is 16.5. The number of aryl methyl sites for hydroxylation is 1. The molecule has 1 aliphatic carbocycles. The fourth-order valence-electron chi connectivity index (χ4n) is 4.66. The third-order valence-electron chi connectivity index (χ3n) is 6.06. The van der Waals surface area contributed by atoms with Gasteiger partial charge in [-0.05, 0) is 50.5 Å². The number of benzene rings is 1. The van der Waals surface area contributed by atoms with Crippen LogP contribution < -0.4 is 5.32 Å². The molecule has 1 unspecified atom stereocenters. The predicted molar refractivity (Wildman–Crippen MR) is 110 cm³/mol. The highest BCUT2D eigenvalue weighted by atomic mass is 35.5. The van der Waals surface area contributed by atoms with Gasteiger partial charge in [0.1, 0.15) is 12.1 Å². The molecule has 3 rings (SSSR count). The summed E-state index contributed by atoms with van der Waals surface area (Å²) in [6.45, 7) is 1.63. The number of fused-ring (bicyclic) bond motifs is 1. The number of carboxylic acid groups (broad SMARTS) is 2. The first-order valence-corrected chi connectivity index (χ1v) is 9.96. The standard InChI is InChI=1S/C21H28N2O5.ClH/c1-13(22-16(20(25)26)11-10-14-6-3-2-4-7-14)19(24)23-17-9-5-8-15(17)12-18(23)21(27)28;/h2-4,6-7,13,15-18,22H,5,8-12H2,1H3,(H,25,26)(H,27,28);1H/t13-,15+,16-,17+,18?;/m0./s1. The van der Waals surface area contributed by atoms with E-state index in [0.29, 0.717) is 19.3 Å². The second-order valence-corrected chi connectivity index (χ2v) is 7.90. The Bertz CT molecular complexity index is 729. The maximum absolute atomic E-state index is 13.0. The van der Waals surface area contributed by atoms with Gasteiger partial charge in [-0.25, -0.2) is 4.79 Å². The molecular weight excluding hydrogens is 396 g/mol. The van der Waals surface area contributed by atoms with E-state index in [1.54, 1.807) is 6.92 Å². The third kappa shape index (κ3) is 5.28. The number of nitrogens with one attached hydrogen (secondary N) is 1. The molecule has 160 valence electrons. The molecule has 8 heteroatoms. The Labute approximate surface area is 176 Å². The maximum Gasteiger partial charge on any atom is 0.326 e. The zero-order valence-corrected chi connectivity index (χ0v) is 17.3. The molecule has 3 N–H and O–H groups in total. The van der Waals surface area contributed by atoms with Crippen LogP contribution in [-0.2, 0) is 20.8 Å². The molecule has 29 heavy (non-hydrogen) atoms. The Morgan fingerprint density at radius 3 is 2.48 bits per heavy atom. The molecule has 2 aliphatic rings. The van der Waals surface area contributed by atoms with Gasteiger partial charge in [-0.3, -0.25) is 14.9 Å². The summed E-state index contributed by atoms with van der Waals surface area (Å²) < 4.78 is 0. The quantitative estimate of drug-likeness (QED) is 0.591. The second kappa shape index (κ2) is 10.1. The van der Waals surface area contributed by atoms with Crippen molar-refractivity contribution in [3.8, 4) is 0 Å². The lowest BCUT2D eigenvalue weighted by molar-refractivity contribution is -0.151. The van der Waals surface area contributed by atoms with Gasteiger partial charge in [0.05, 0.1) is 6.04 Å². The molecule has 1 saturated heterocycles. The van der Waals surface area contributed by atoms with Gasteiger partial charge >= 0.3 is 11.9 Å². The molecule has 5 atom stereocenters. The lowest BCUT2D eigenvalue weighted by Crippen LogP contribution is -2.55. The second-order valence-electron chi connectivity index (χ2n) is 7.90. The molecule has 0 radical (unpaired) electrons. The Morgan fingerprint density at radius 1 is 1.17 bits per heavy atom. The van der Waals surface area contributed by atoms with Crippen molar-refractivity contribution in [2.24, 2.45) is 5.92 Å². The number of halogens is 1. The number of hydrogen-bond donors (Lipinski definition) is 3. The van der Waals surface area contributed by atoms with E-state index in [9.17, 15) is 24.6 Å². The SMILES string of the molecule is C[C@H](N[C@@H](CCc1ccccc1)C(=O)O)C(=O)N1C(C(=O)O)C[C@H]2CCC[C@H]21.Cl. The van der Waals surface area contributed by atoms with Gasteiger partial charge in [-0.15, -0.1) is 12.4 Å². The summed E-state index contributed by atoms with van der Waals surface area (Å²) in [5.41, 5.74) is 1.04. The first-order chi connectivity index (χ1) is 13.4. The van der Waals surface area contributed by atoms with Gasteiger partial charge in [0.15, 0.2) is 0 Å². The van der Waals surface area contributed by atoms with Crippen molar-refractivity contribution < 1.29 is 24.6 Å². The molecule has 1 amide bonds. The molecule has 0 aromatic heterocycles. The van der Waals surface area contributed by atoms with Crippen LogP contribution in [0.15, 0.2) is 30.3 Å². The summed E-state index contributed by atoms with van der Waals surface area (Å²) in [5, 5.41) is 22.0. The molecule has 1 aliphatic heterocycles. The predicted octanol–water partition coefficient (Wildman–Crippen LogP) is 2.33. The average Bonchev–Trinajstić information content (AvgIpc) is 3.26. The summed E-state index contributed by atoms with van der Waals surface area (Å²) in [7, 11) is 0. The van der Waals surface area contributed by atoms with E-state index in [2.05, 4.69) is 5.32 Å². The lowest BCUT2D eigenvalue weighted by Gasteiger charge is -2.31. The smallest absolute Gasteiger partial charge is 0.326 e. The van der Waals surface area contributed by atoms with E-state index in [1.807, 2.05) is 30.3 Å². The molecule has 1 aromatic rings. The highest BCUT2D eigenvalue weighted by molar-refractivity contribution is 5.88. The maximum atomic E-state index is 13.0. The van der Waals surface area contributed by atoms with Crippen LogP contribution in [0.3, 0.4) is 0 Å². The van der Waals surface area contributed by atoms with E-state index < -0.39 is 30.1 Å². The largest absolute Gasteiger partial charge is 0.480 e. The number of carbonyl (C=O) groups is 3. The summed E-state index contributed by atoms with van der Waals surface area (Å²) in [5.74, 6) is -2.06. The van der Waals surface area contributed by atoms with E-state index in [4.69, 9.17) is 0 Å². The van der Waals surface area contributed by atoms with E-state index in [0.717, 1.165) is 24.8 Å². The number of carboxylic acids is 2. The summed E-state index contributed by atoms with van der Waals surface area (Å²) >= 11 is 0. The van der Waals surface area contributed by atoms with Crippen LogP contribution in [0.2, 0.25) is 0 Å². The normalized spacial score (nSPS) is 25.0. The first-order valence-electron chi connectivity index (χ1n) is 9.96. The van der Waals surface area contributed by atoms with Crippen LogP contribution in [0.5, 0.6) is 0 Å². The Kier molecular flexibility index (Phi) is 8.05. The fourth-order valence-corrected chi connectivity index (χ4v) is 4.66. The number of amides is 1. The van der Waals surface area contributed by atoms with Crippen molar-refractivity contribution in [1.82, 2.24) is 10.2 Å². The molecule has 0 bridgehead atoms. The molecule has 0 spiro atoms.